The van der Waals surface area contributed by atoms with E-state index in [1.165, 1.54) is 27.4 Å². The van der Waals surface area contributed by atoms with Crippen LogP contribution in [0.5, 0.6) is 0 Å². The van der Waals surface area contributed by atoms with Crippen LogP contribution in [0.4, 0.5) is 17.1 Å². The van der Waals surface area contributed by atoms with Crippen LogP contribution in [0.15, 0.2) is 174 Å². The van der Waals surface area contributed by atoms with Crippen molar-refractivity contribution in [1.82, 2.24) is 4.57 Å². The fourth-order valence-electron chi connectivity index (χ4n) is 6.76. The monoisotopic (exact) mass is 576 g/mol. The minimum absolute atomic E-state index is 0.890. The number of rotatable bonds is 5. The van der Waals surface area contributed by atoms with Gasteiger partial charge in [0.25, 0.3) is 0 Å². The van der Waals surface area contributed by atoms with E-state index in [-0.39, 0.29) is 0 Å². The first-order valence-electron chi connectivity index (χ1n) is 15.3. The fourth-order valence-corrected chi connectivity index (χ4v) is 6.76. The lowest BCUT2D eigenvalue weighted by atomic mass is 10.1. The van der Waals surface area contributed by atoms with Crippen LogP contribution in [-0.2, 0) is 0 Å². The first-order chi connectivity index (χ1) is 22.3. The average molecular weight is 577 g/mol. The molecule has 0 atom stereocenters. The van der Waals surface area contributed by atoms with Gasteiger partial charge in [0.1, 0.15) is 11.2 Å². The summed E-state index contributed by atoms with van der Waals surface area (Å²) in [7, 11) is 0. The predicted molar refractivity (Wildman–Crippen MR) is 188 cm³/mol. The van der Waals surface area contributed by atoms with Gasteiger partial charge in [-0.25, -0.2) is 0 Å². The molecule has 0 aliphatic rings. The molecular formula is C42H28N2O. The number of benzene rings is 7. The van der Waals surface area contributed by atoms with Crippen LogP contribution < -0.4 is 4.90 Å². The summed E-state index contributed by atoms with van der Waals surface area (Å²) in [4.78, 5) is 2.37. The fraction of sp³-hybridized carbons (Fsp3) is 0. The van der Waals surface area contributed by atoms with Crippen LogP contribution in [0.25, 0.3) is 60.6 Å². The van der Waals surface area contributed by atoms with Gasteiger partial charge in [-0.3, -0.25) is 0 Å². The van der Waals surface area contributed by atoms with Crippen LogP contribution >= 0.6 is 0 Å². The maximum atomic E-state index is 6.19. The Bertz CT molecular complexity index is 2470. The predicted octanol–water partition coefficient (Wildman–Crippen LogP) is 11.8. The molecule has 2 aromatic heterocycles. The highest BCUT2D eigenvalue weighted by molar-refractivity contribution is 6.17. The highest BCUT2D eigenvalue weighted by Crippen LogP contribution is 2.45. The molecule has 0 saturated heterocycles. The van der Waals surface area contributed by atoms with Crippen LogP contribution in [0.2, 0.25) is 0 Å². The van der Waals surface area contributed by atoms with Crippen molar-refractivity contribution in [3.8, 4) is 16.8 Å². The molecular weight excluding hydrogens is 548 g/mol. The number of nitrogens with zero attached hydrogens (tertiary/aromatic N) is 2. The Hall–Kier alpha value is -6.06. The van der Waals surface area contributed by atoms with E-state index in [2.05, 4.69) is 167 Å². The van der Waals surface area contributed by atoms with Crippen molar-refractivity contribution in [2.75, 3.05) is 4.90 Å². The lowest BCUT2D eigenvalue weighted by Gasteiger charge is -2.26. The first kappa shape index (κ1) is 25.4. The van der Waals surface area contributed by atoms with Crippen LogP contribution in [-0.4, -0.2) is 4.57 Å². The van der Waals surface area contributed by atoms with Gasteiger partial charge >= 0.3 is 0 Å². The van der Waals surface area contributed by atoms with Crippen molar-refractivity contribution in [2.24, 2.45) is 0 Å². The molecule has 9 aromatic rings. The molecule has 2 heterocycles. The first-order valence-corrected chi connectivity index (χ1v) is 15.3. The van der Waals surface area contributed by atoms with Crippen LogP contribution in [0.3, 0.4) is 0 Å². The SMILES string of the molecule is c1ccc(-c2ccc(-n3c4ccccc4c4c(N(c5ccccc5)c5ccc6oc7ccccc7c6c5)cccc43)cc2)cc1. The summed E-state index contributed by atoms with van der Waals surface area (Å²) in [5.41, 5.74) is 11.0. The highest BCUT2D eigenvalue weighted by atomic mass is 16.3. The quantitative estimate of drug-likeness (QED) is 0.203. The number of hydrogen-bond donors (Lipinski definition) is 0. The third-order valence-corrected chi connectivity index (χ3v) is 8.78. The van der Waals surface area contributed by atoms with E-state index in [0.29, 0.717) is 0 Å². The van der Waals surface area contributed by atoms with Crippen molar-refractivity contribution >= 4 is 60.8 Å². The van der Waals surface area contributed by atoms with E-state index in [1.807, 2.05) is 12.1 Å². The van der Waals surface area contributed by atoms with Crippen molar-refractivity contribution in [3.05, 3.63) is 170 Å². The Morgan fingerprint density at radius 2 is 1.07 bits per heavy atom. The van der Waals surface area contributed by atoms with E-state index in [1.54, 1.807) is 0 Å². The average Bonchev–Trinajstić information content (AvgIpc) is 3.65. The summed E-state index contributed by atoms with van der Waals surface area (Å²) < 4.78 is 8.58. The minimum Gasteiger partial charge on any atom is -0.456 e. The third-order valence-electron chi connectivity index (χ3n) is 8.78. The van der Waals surface area contributed by atoms with Crippen molar-refractivity contribution in [3.63, 3.8) is 0 Å². The third kappa shape index (κ3) is 4.13. The van der Waals surface area contributed by atoms with E-state index >= 15 is 0 Å². The molecule has 0 saturated carbocycles. The second-order valence-corrected chi connectivity index (χ2v) is 11.4. The molecule has 0 unspecified atom stereocenters. The maximum Gasteiger partial charge on any atom is 0.135 e. The topological polar surface area (TPSA) is 21.3 Å². The molecule has 0 spiro atoms. The molecule has 0 aliphatic carbocycles. The number of aromatic nitrogens is 1. The molecule has 45 heavy (non-hydrogen) atoms. The molecule has 9 rings (SSSR count). The lowest BCUT2D eigenvalue weighted by molar-refractivity contribution is 0.669. The maximum absolute atomic E-state index is 6.19. The van der Waals surface area contributed by atoms with Gasteiger partial charge in [-0.05, 0) is 77.9 Å². The Balaban J connectivity index is 1.29. The van der Waals surface area contributed by atoms with Gasteiger partial charge in [-0.2, -0.15) is 0 Å². The van der Waals surface area contributed by atoms with Crippen molar-refractivity contribution in [2.45, 2.75) is 0 Å². The standard InChI is InChI=1S/C42H28N2O/c1-3-12-29(13-4-1)30-22-24-32(25-23-30)44-37-18-9-7-17-35(37)42-38(19-11-20-39(42)44)43(31-14-5-2-6-15-31)33-26-27-41-36(28-33)34-16-8-10-21-40(34)45-41/h1-28H. The molecule has 0 bridgehead atoms. The Kier molecular flexibility index (Phi) is 5.82. The molecule has 0 amide bonds. The van der Waals surface area contributed by atoms with Gasteiger partial charge in [0.05, 0.1) is 16.7 Å². The van der Waals surface area contributed by atoms with Gasteiger partial charge in [0.15, 0.2) is 0 Å². The zero-order valence-electron chi connectivity index (χ0n) is 24.5. The van der Waals surface area contributed by atoms with E-state index in [4.69, 9.17) is 4.42 Å². The van der Waals surface area contributed by atoms with E-state index in [9.17, 15) is 0 Å². The summed E-state index contributed by atoms with van der Waals surface area (Å²) in [6.45, 7) is 0. The Morgan fingerprint density at radius 3 is 1.89 bits per heavy atom. The van der Waals surface area contributed by atoms with Crippen molar-refractivity contribution < 1.29 is 4.42 Å². The number of hydrogen-bond acceptors (Lipinski definition) is 2. The highest BCUT2D eigenvalue weighted by Gasteiger charge is 2.21. The lowest BCUT2D eigenvalue weighted by Crippen LogP contribution is -2.10. The second kappa shape index (κ2) is 10.3. The van der Waals surface area contributed by atoms with Crippen LogP contribution in [0, 0.1) is 0 Å². The van der Waals surface area contributed by atoms with E-state index < -0.39 is 0 Å². The van der Waals surface area contributed by atoms with Gasteiger partial charge in [-0.1, -0.05) is 103 Å². The molecule has 3 heteroatoms. The normalized spacial score (nSPS) is 11.6. The molecule has 3 nitrogen and oxygen atoms in total. The van der Waals surface area contributed by atoms with Gasteiger partial charge < -0.3 is 13.9 Å². The summed E-state index contributed by atoms with van der Waals surface area (Å²) >= 11 is 0. The van der Waals surface area contributed by atoms with Gasteiger partial charge in [-0.15, -0.1) is 0 Å². The van der Waals surface area contributed by atoms with Crippen LogP contribution in [0.1, 0.15) is 0 Å². The Morgan fingerprint density at radius 1 is 0.422 bits per heavy atom. The molecule has 212 valence electrons. The molecule has 0 N–H and O–H groups in total. The Labute approximate surface area is 260 Å². The minimum atomic E-state index is 0.890. The summed E-state index contributed by atoms with van der Waals surface area (Å²) in [5, 5.41) is 4.65. The smallest absolute Gasteiger partial charge is 0.135 e. The molecule has 0 fully saturated rings. The number of fused-ring (bicyclic) bond motifs is 6. The van der Waals surface area contributed by atoms with Crippen molar-refractivity contribution in [1.29, 1.82) is 0 Å². The summed E-state index contributed by atoms with van der Waals surface area (Å²) in [6.07, 6.45) is 0. The summed E-state index contributed by atoms with van der Waals surface area (Å²) in [6, 6.07) is 60.2. The summed E-state index contributed by atoms with van der Waals surface area (Å²) in [5.74, 6) is 0. The second-order valence-electron chi connectivity index (χ2n) is 11.4. The number of para-hydroxylation sites is 3. The largest absolute Gasteiger partial charge is 0.456 e. The molecule has 7 aromatic carbocycles. The molecule has 0 aliphatic heterocycles. The molecule has 0 radical (unpaired) electrons. The zero-order chi connectivity index (χ0) is 29.7. The zero-order valence-corrected chi connectivity index (χ0v) is 24.5. The number of anilines is 3. The van der Waals surface area contributed by atoms with E-state index in [0.717, 1.165) is 50.2 Å². The van der Waals surface area contributed by atoms with Gasteiger partial charge in [0, 0.05) is 38.6 Å². The van der Waals surface area contributed by atoms with Gasteiger partial charge in [0.2, 0.25) is 0 Å². The number of furan rings is 1.